The number of hydrazine groups is 1. The van der Waals surface area contributed by atoms with Crippen molar-refractivity contribution in [3.8, 4) is 0 Å². The Morgan fingerprint density at radius 3 is 2.88 bits per heavy atom. The molecule has 0 aliphatic carbocycles. The number of nitrogens with two attached hydrogens (primary N) is 1. The summed E-state index contributed by atoms with van der Waals surface area (Å²) in [6, 6.07) is 8.34. The molecule has 3 nitrogen and oxygen atoms in total. The number of hydrogen-bond acceptors (Lipinski definition) is 3. The Bertz CT molecular complexity index is 482. The van der Waals surface area contributed by atoms with E-state index in [9.17, 15) is 4.39 Å². The van der Waals surface area contributed by atoms with Crippen molar-refractivity contribution in [1.29, 1.82) is 0 Å². The van der Waals surface area contributed by atoms with E-state index >= 15 is 0 Å². The number of benzene rings is 1. The van der Waals surface area contributed by atoms with E-state index in [4.69, 9.17) is 10.3 Å². The molecule has 0 saturated heterocycles. The average Bonchev–Trinajstić information content (AvgIpc) is 2.82. The highest BCUT2D eigenvalue weighted by Crippen LogP contribution is 2.22. The molecule has 0 spiro atoms. The van der Waals surface area contributed by atoms with E-state index in [1.807, 2.05) is 13.0 Å². The summed E-state index contributed by atoms with van der Waals surface area (Å²) in [5.74, 6) is 5.99. The lowest BCUT2D eigenvalue weighted by molar-refractivity contribution is 0.443. The summed E-state index contributed by atoms with van der Waals surface area (Å²) >= 11 is 0. The lowest BCUT2D eigenvalue weighted by Gasteiger charge is -2.16. The van der Waals surface area contributed by atoms with Gasteiger partial charge >= 0.3 is 0 Å². The molecule has 0 amide bonds. The van der Waals surface area contributed by atoms with E-state index in [1.165, 1.54) is 6.07 Å². The zero-order valence-electron chi connectivity index (χ0n) is 9.61. The molecule has 3 N–H and O–H groups in total. The molecule has 17 heavy (non-hydrogen) atoms. The third kappa shape index (κ3) is 2.72. The monoisotopic (exact) mass is 234 g/mol. The minimum Gasteiger partial charge on any atom is -0.469 e. The minimum atomic E-state index is -0.291. The fourth-order valence-corrected chi connectivity index (χ4v) is 1.82. The summed E-state index contributed by atoms with van der Waals surface area (Å²) in [5, 5.41) is 0. The second kappa shape index (κ2) is 5.12. The third-order valence-electron chi connectivity index (χ3n) is 2.71. The molecule has 0 aliphatic rings. The van der Waals surface area contributed by atoms with Crippen molar-refractivity contribution in [2.45, 2.75) is 19.4 Å². The van der Waals surface area contributed by atoms with Crippen LogP contribution in [0, 0.1) is 12.7 Å². The van der Waals surface area contributed by atoms with Crippen molar-refractivity contribution >= 4 is 0 Å². The molecule has 2 aromatic rings. The van der Waals surface area contributed by atoms with Gasteiger partial charge in [-0.25, -0.2) is 4.39 Å². The topological polar surface area (TPSA) is 51.2 Å². The number of hydrogen-bond donors (Lipinski definition) is 2. The van der Waals surface area contributed by atoms with Crippen LogP contribution in [0.4, 0.5) is 4.39 Å². The summed E-state index contributed by atoms with van der Waals surface area (Å²) in [5.41, 5.74) is 4.18. The molecule has 1 atom stereocenters. The summed E-state index contributed by atoms with van der Waals surface area (Å²) < 4.78 is 18.9. The molecule has 90 valence electrons. The van der Waals surface area contributed by atoms with Crippen LogP contribution < -0.4 is 11.3 Å². The van der Waals surface area contributed by atoms with Crippen molar-refractivity contribution in [3.63, 3.8) is 0 Å². The number of aryl methyl sites for hydroxylation is 1. The van der Waals surface area contributed by atoms with Crippen molar-refractivity contribution in [2.24, 2.45) is 5.84 Å². The second-order valence-corrected chi connectivity index (χ2v) is 4.03. The molecule has 1 unspecified atom stereocenters. The zero-order valence-corrected chi connectivity index (χ0v) is 9.61. The average molecular weight is 234 g/mol. The Hall–Kier alpha value is -1.65. The second-order valence-electron chi connectivity index (χ2n) is 4.03. The highest BCUT2D eigenvalue weighted by atomic mass is 19.1. The van der Waals surface area contributed by atoms with Crippen molar-refractivity contribution in [2.75, 3.05) is 0 Å². The molecule has 1 aromatic carbocycles. The summed E-state index contributed by atoms with van der Waals surface area (Å²) in [6.45, 7) is 1.92. The zero-order chi connectivity index (χ0) is 12.3. The normalized spacial score (nSPS) is 12.6. The van der Waals surface area contributed by atoms with Crippen LogP contribution in [-0.4, -0.2) is 0 Å². The van der Waals surface area contributed by atoms with Gasteiger partial charge in [0.05, 0.1) is 12.3 Å². The maximum atomic E-state index is 13.7. The Labute approximate surface area is 99.4 Å². The van der Waals surface area contributed by atoms with Gasteiger partial charge < -0.3 is 4.42 Å². The Kier molecular flexibility index (Phi) is 3.56. The maximum Gasteiger partial charge on any atom is 0.128 e. The van der Waals surface area contributed by atoms with Gasteiger partial charge in [-0.05, 0) is 25.1 Å². The van der Waals surface area contributed by atoms with Gasteiger partial charge in [0, 0.05) is 12.0 Å². The Balaban J connectivity index is 2.25. The summed E-state index contributed by atoms with van der Waals surface area (Å²) in [4.78, 5) is 0. The number of furan rings is 1. The first-order valence-electron chi connectivity index (χ1n) is 5.45. The first-order chi connectivity index (χ1) is 8.20. The predicted octanol–water partition coefficient (Wildman–Crippen LogP) is 2.47. The summed E-state index contributed by atoms with van der Waals surface area (Å²) in [7, 11) is 0. The number of rotatable bonds is 4. The minimum absolute atomic E-state index is 0.259. The molecular weight excluding hydrogens is 219 g/mol. The molecule has 0 bridgehead atoms. The van der Waals surface area contributed by atoms with E-state index in [1.54, 1.807) is 24.5 Å². The van der Waals surface area contributed by atoms with E-state index in [0.29, 0.717) is 12.0 Å². The van der Waals surface area contributed by atoms with Crippen molar-refractivity contribution in [3.05, 3.63) is 59.3 Å². The lowest BCUT2D eigenvalue weighted by Crippen LogP contribution is -2.30. The highest BCUT2D eigenvalue weighted by molar-refractivity contribution is 5.27. The predicted molar refractivity (Wildman–Crippen MR) is 63.6 cm³/mol. The van der Waals surface area contributed by atoms with Gasteiger partial charge in [-0.15, -0.1) is 0 Å². The summed E-state index contributed by atoms with van der Waals surface area (Å²) in [6.07, 6.45) is 2.11. The van der Waals surface area contributed by atoms with E-state index in [-0.39, 0.29) is 11.9 Å². The number of nitrogens with one attached hydrogen (secondary N) is 1. The molecule has 0 radical (unpaired) electrons. The van der Waals surface area contributed by atoms with Gasteiger partial charge in [-0.1, -0.05) is 17.7 Å². The molecule has 2 rings (SSSR count). The van der Waals surface area contributed by atoms with Crippen LogP contribution in [0.25, 0.3) is 0 Å². The van der Waals surface area contributed by atoms with Crippen LogP contribution in [0.2, 0.25) is 0 Å². The molecule has 0 fully saturated rings. The van der Waals surface area contributed by atoms with Gasteiger partial charge in [-0.3, -0.25) is 11.3 Å². The smallest absolute Gasteiger partial charge is 0.128 e. The molecule has 0 aliphatic heterocycles. The van der Waals surface area contributed by atoms with Gasteiger partial charge in [0.2, 0.25) is 0 Å². The molecule has 0 saturated carbocycles. The first kappa shape index (κ1) is 11.8. The van der Waals surface area contributed by atoms with E-state index < -0.39 is 0 Å². The first-order valence-corrected chi connectivity index (χ1v) is 5.45. The van der Waals surface area contributed by atoms with Gasteiger partial charge in [0.1, 0.15) is 11.6 Å². The Morgan fingerprint density at radius 1 is 1.41 bits per heavy atom. The SMILES string of the molecule is Cc1ccc(F)c(C(Cc2ccco2)NN)c1. The highest BCUT2D eigenvalue weighted by Gasteiger charge is 2.16. The van der Waals surface area contributed by atoms with Crippen LogP contribution >= 0.6 is 0 Å². The van der Waals surface area contributed by atoms with Crippen LogP contribution in [-0.2, 0) is 6.42 Å². The fourth-order valence-electron chi connectivity index (χ4n) is 1.82. The van der Waals surface area contributed by atoms with E-state index in [2.05, 4.69) is 5.43 Å². The van der Waals surface area contributed by atoms with Crippen molar-refractivity contribution in [1.82, 2.24) is 5.43 Å². The van der Waals surface area contributed by atoms with Crippen LogP contribution in [0.15, 0.2) is 41.0 Å². The van der Waals surface area contributed by atoms with Gasteiger partial charge in [0.25, 0.3) is 0 Å². The fraction of sp³-hybridized carbons (Fsp3) is 0.231. The van der Waals surface area contributed by atoms with Crippen LogP contribution in [0.5, 0.6) is 0 Å². The van der Waals surface area contributed by atoms with Crippen LogP contribution in [0.1, 0.15) is 22.9 Å². The standard InChI is InChI=1S/C13H15FN2O/c1-9-4-5-12(14)11(7-9)13(16-15)8-10-3-2-6-17-10/h2-7,13,16H,8,15H2,1H3. The van der Waals surface area contributed by atoms with Crippen molar-refractivity contribution < 1.29 is 8.81 Å². The van der Waals surface area contributed by atoms with Crippen LogP contribution in [0.3, 0.4) is 0 Å². The number of halogens is 1. The lowest BCUT2D eigenvalue weighted by atomic mass is 10.0. The van der Waals surface area contributed by atoms with Gasteiger partial charge in [-0.2, -0.15) is 0 Å². The van der Waals surface area contributed by atoms with Gasteiger partial charge in [0.15, 0.2) is 0 Å². The van der Waals surface area contributed by atoms with E-state index in [0.717, 1.165) is 11.3 Å². The molecule has 4 heteroatoms. The Morgan fingerprint density at radius 2 is 2.24 bits per heavy atom. The largest absolute Gasteiger partial charge is 0.469 e. The quantitative estimate of drug-likeness (QED) is 0.631. The molecule has 1 heterocycles. The molecular formula is C13H15FN2O. The molecule has 1 aromatic heterocycles. The third-order valence-corrected chi connectivity index (χ3v) is 2.71. The maximum absolute atomic E-state index is 13.7.